The molecule has 0 saturated heterocycles. The minimum Gasteiger partial charge on any atom is -0.406 e. The van der Waals surface area contributed by atoms with E-state index < -0.39 is 11.3 Å². The van der Waals surface area contributed by atoms with Crippen LogP contribution in [-0.4, -0.2) is 25.4 Å². The van der Waals surface area contributed by atoms with Gasteiger partial charge in [0.05, 0.1) is 4.92 Å². The van der Waals surface area contributed by atoms with Crippen LogP contribution in [0.3, 0.4) is 0 Å². The van der Waals surface area contributed by atoms with E-state index in [9.17, 15) is 23.3 Å². The summed E-state index contributed by atoms with van der Waals surface area (Å²) in [4.78, 5) is 12.2. The van der Waals surface area contributed by atoms with E-state index in [2.05, 4.69) is 4.74 Å². The Hall–Kier alpha value is -2.77. The molecule has 8 heteroatoms. The van der Waals surface area contributed by atoms with Gasteiger partial charge in [0.1, 0.15) is 5.75 Å². The molecule has 0 amide bonds. The van der Waals surface area contributed by atoms with Crippen molar-refractivity contribution in [2.45, 2.75) is 6.36 Å². The van der Waals surface area contributed by atoms with Crippen LogP contribution in [0.4, 0.5) is 24.5 Å². The highest BCUT2D eigenvalue weighted by Crippen LogP contribution is 2.34. The summed E-state index contributed by atoms with van der Waals surface area (Å²) in [6.45, 7) is 0. The molecule has 0 aromatic heterocycles. The molecule has 0 N–H and O–H groups in total. The lowest BCUT2D eigenvalue weighted by atomic mass is 10.0. The average Bonchev–Trinajstić information content (AvgIpc) is 2.45. The lowest BCUT2D eigenvalue weighted by molar-refractivity contribution is -0.384. The minimum absolute atomic E-state index is 0.0961. The third kappa shape index (κ3) is 4.12. The number of non-ortho nitro benzene ring substituents is 1. The van der Waals surface area contributed by atoms with Crippen LogP contribution in [0.15, 0.2) is 42.5 Å². The second-order valence-corrected chi connectivity index (χ2v) is 4.93. The van der Waals surface area contributed by atoms with Crippen LogP contribution in [0, 0.1) is 10.1 Å². The third-order valence-corrected chi connectivity index (χ3v) is 3.07. The van der Waals surface area contributed by atoms with E-state index in [4.69, 9.17) is 0 Å². The lowest BCUT2D eigenvalue weighted by Crippen LogP contribution is -2.17. The Labute approximate surface area is 130 Å². The molecule has 0 aliphatic heterocycles. The van der Waals surface area contributed by atoms with Crippen LogP contribution in [0.2, 0.25) is 0 Å². The maximum absolute atomic E-state index is 12.2. The van der Waals surface area contributed by atoms with Crippen LogP contribution < -0.4 is 9.64 Å². The van der Waals surface area contributed by atoms with Gasteiger partial charge in [0.2, 0.25) is 0 Å². The molecule has 0 fully saturated rings. The molecule has 2 rings (SSSR count). The molecule has 0 heterocycles. The van der Waals surface area contributed by atoms with Crippen molar-refractivity contribution in [3.63, 3.8) is 0 Å². The van der Waals surface area contributed by atoms with E-state index in [1.165, 1.54) is 36.4 Å². The van der Waals surface area contributed by atoms with Crippen molar-refractivity contribution in [3.05, 3.63) is 52.6 Å². The maximum Gasteiger partial charge on any atom is 0.573 e. The van der Waals surface area contributed by atoms with Crippen molar-refractivity contribution in [1.29, 1.82) is 0 Å². The summed E-state index contributed by atoms with van der Waals surface area (Å²) in [6, 6.07) is 9.53. The smallest absolute Gasteiger partial charge is 0.406 e. The highest BCUT2D eigenvalue weighted by Gasteiger charge is 2.31. The first-order valence-corrected chi connectivity index (χ1v) is 6.49. The first-order chi connectivity index (χ1) is 10.7. The van der Waals surface area contributed by atoms with E-state index in [0.29, 0.717) is 16.8 Å². The number of halogens is 3. The average molecular weight is 326 g/mol. The van der Waals surface area contributed by atoms with Gasteiger partial charge in [-0.15, -0.1) is 13.2 Å². The normalized spacial score (nSPS) is 11.2. The molecular formula is C15H13F3N2O3. The number of benzene rings is 2. The van der Waals surface area contributed by atoms with E-state index in [1.54, 1.807) is 25.1 Å². The fourth-order valence-electron chi connectivity index (χ4n) is 2.09. The molecule has 5 nitrogen and oxygen atoms in total. The number of rotatable bonds is 4. The fraction of sp³-hybridized carbons (Fsp3) is 0.200. The van der Waals surface area contributed by atoms with Gasteiger partial charge in [-0.1, -0.05) is 12.1 Å². The number of anilines is 1. The van der Waals surface area contributed by atoms with Gasteiger partial charge in [0, 0.05) is 37.5 Å². The van der Waals surface area contributed by atoms with Crippen molar-refractivity contribution < 1.29 is 22.8 Å². The molecule has 0 spiro atoms. The Morgan fingerprint density at radius 3 is 2.17 bits per heavy atom. The van der Waals surface area contributed by atoms with Crippen molar-refractivity contribution >= 4 is 11.4 Å². The zero-order valence-corrected chi connectivity index (χ0v) is 12.3. The summed E-state index contributed by atoms with van der Waals surface area (Å²) in [6.07, 6.45) is -4.76. The topological polar surface area (TPSA) is 55.6 Å². The molecule has 2 aromatic rings. The number of ether oxygens (including phenoxy) is 1. The summed E-state index contributed by atoms with van der Waals surface area (Å²) in [5.41, 5.74) is 1.70. The highest BCUT2D eigenvalue weighted by atomic mass is 19.4. The third-order valence-electron chi connectivity index (χ3n) is 3.07. The van der Waals surface area contributed by atoms with Gasteiger partial charge in [0.15, 0.2) is 0 Å². The first kappa shape index (κ1) is 16.6. The van der Waals surface area contributed by atoms with Crippen LogP contribution in [0.1, 0.15) is 0 Å². The molecule has 0 bridgehead atoms. The Bertz CT molecular complexity index is 713. The molecule has 0 radical (unpaired) electrons. The van der Waals surface area contributed by atoms with Crippen molar-refractivity contribution in [1.82, 2.24) is 0 Å². The molecule has 0 aliphatic carbocycles. The molecule has 0 unspecified atom stereocenters. The van der Waals surface area contributed by atoms with Gasteiger partial charge >= 0.3 is 6.36 Å². The van der Waals surface area contributed by atoms with Gasteiger partial charge in [0.25, 0.3) is 5.69 Å². The summed E-state index contributed by atoms with van der Waals surface area (Å²) in [7, 11) is 3.54. The molecule has 23 heavy (non-hydrogen) atoms. The number of nitrogens with zero attached hydrogens (tertiary/aromatic N) is 2. The molecule has 0 aliphatic rings. The van der Waals surface area contributed by atoms with Crippen LogP contribution >= 0.6 is 0 Å². The van der Waals surface area contributed by atoms with Gasteiger partial charge < -0.3 is 9.64 Å². The van der Waals surface area contributed by atoms with E-state index >= 15 is 0 Å². The van der Waals surface area contributed by atoms with E-state index in [-0.39, 0.29) is 11.4 Å². The van der Waals surface area contributed by atoms with Crippen LogP contribution in [-0.2, 0) is 0 Å². The summed E-state index contributed by atoms with van der Waals surface area (Å²) < 4.78 is 40.3. The maximum atomic E-state index is 12.2. The molecule has 0 atom stereocenters. The molecule has 122 valence electrons. The van der Waals surface area contributed by atoms with Gasteiger partial charge in [-0.2, -0.15) is 0 Å². The van der Waals surface area contributed by atoms with Gasteiger partial charge in [-0.05, 0) is 23.8 Å². The monoisotopic (exact) mass is 326 g/mol. The predicted molar refractivity (Wildman–Crippen MR) is 79.5 cm³/mol. The zero-order chi connectivity index (χ0) is 17.2. The van der Waals surface area contributed by atoms with Crippen molar-refractivity contribution in [3.8, 4) is 16.9 Å². The SMILES string of the molecule is CN(C)c1ccc([N+](=O)[O-])cc1-c1ccc(OC(F)(F)F)cc1. The van der Waals surface area contributed by atoms with Crippen molar-refractivity contribution in [2.24, 2.45) is 0 Å². The number of hydrogen-bond donors (Lipinski definition) is 0. The van der Waals surface area contributed by atoms with E-state index in [1.807, 2.05) is 0 Å². The number of hydrogen-bond acceptors (Lipinski definition) is 4. The fourth-order valence-corrected chi connectivity index (χ4v) is 2.09. The van der Waals surface area contributed by atoms with Crippen molar-refractivity contribution in [2.75, 3.05) is 19.0 Å². The minimum atomic E-state index is -4.76. The first-order valence-electron chi connectivity index (χ1n) is 6.49. The van der Waals surface area contributed by atoms with Gasteiger partial charge in [-0.3, -0.25) is 10.1 Å². The summed E-state index contributed by atoms with van der Waals surface area (Å²) in [5.74, 6) is -0.349. The Morgan fingerprint density at radius 2 is 1.70 bits per heavy atom. The van der Waals surface area contributed by atoms with Gasteiger partial charge in [-0.25, -0.2) is 0 Å². The zero-order valence-electron chi connectivity index (χ0n) is 12.3. The standard InChI is InChI=1S/C15H13F3N2O3/c1-19(2)14-8-5-11(20(21)22)9-13(14)10-3-6-12(7-4-10)23-15(16,17)18/h3-9H,1-2H3. The second kappa shape index (κ2) is 6.15. The Morgan fingerprint density at radius 1 is 1.09 bits per heavy atom. The second-order valence-electron chi connectivity index (χ2n) is 4.93. The number of nitro benzene ring substituents is 1. The lowest BCUT2D eigenvalue weighted by Gasteiger charge is -2.17. The summed E-state index contributed by atoms with van der Waals surface area (Å²) >= 11 is 0. The van der Waals surface area contributed by atoms with Crippen LogP contribution in [0.25, 0.3) is 11.1 Å². The van der Waals surface area contributed by atoms with E-state index in [0.717, 1.165) is 0 Å². The Kier molecular flexibility index (Phi) is 4.44. The molecule has 2 aromatic carbocycles. The molecule has 0 saturated carbocycles. The number of alkyl halides is 3. The number of nitro groups is 1. The highest BCUT2D eigenvalue weighted by molar-refractivity contribution is 5.80. The predicted octanol–water partition coefficient (Wildman–Crippen LogP) is 4.23. The summed E-state index contributed by atoms with van der Waals surface area (Å²) in [5, 5.41) is 10.9. The quantitative estimate of drug-likeness (QED) is 0.623. The largest absolute Gasteiger partial charge is 0.573 e. The Balaban J connectivity index is 2.44. The van der Waals surface area contributed by atoms with Crippen LogP contribution in [0.5, 0.6) is 5.75 Å². The molecular weight excluding hydrogens is 313 g/mol.